The molecule has 0 spiro atoms. The van der Waals surface area contributed by atoms with Crippen LogP contribution >= 0.6 is 0 Å². The monoisotopic (exact) mass is 204 g/mol. The van der Waals surface area contributed by atoms with Crippen molar-refractivity contribution < 1.29 is 14.3 Å². The summed E-state index contributed by atoms with van der Waals surface area (Å²) in [7, 11) is 0. The quantitative estimate of drug-likeness (QED) is 0.521. The van der Waals surface area contributed by atoms with Crippen molar-refractivity contribution in [2.45, 2.75) is 26.7 Å². The third-order valence-electron chi connectivity index (χ3n) is 2.65. The molecule has 0 aliphatic carbocycles. The molecule has 0 aromatic heterocycles. The molecule has 0 amide bonds. The van der Waals surface area contributed by atoms with Gasteiger partial charge in [0, 0.05) is 0 Å². The van der Waals surface area contributed by atoms with Crippen molar-refractivity contribution in [3.63, 3.8) is 0 Å². The van der Waals surface area contributed by atoms with E-state index in [9.17, 15) is 9.59 Å². The highest BCUT2D eigenvalue weighted by atomic mass is 16.6. The number of cyclic esters (lactones) is 2. The summed E-state index contributed by atoms with van der Waals surface area (Å²) < 4.78 is 4.54. The number of esters is 2. The number of benzene rings is 1. The van der Waals surface area contributed by atoms with Gasteiger partial charge in [0.15, 0.2) is 0 Å². The molecule has 0 unspecified atom stereocenters. The Kier molecular flexibility index (Phi) is 2.11. The minimum absolute atomic E-state index is 0.332. The van der Waals surface area contributed by atoms with E-state index in [1.165, 1.54) is 0 Å². The lowest BCUT2D eigenvalue weighted by molar-refractivity contribution is 0.0444. The second kappa shape index (κ2) is 3.19. The van der Waals surface area contributed by atoms with E-state index in [4.69, 9.17) is 0 Å². The van der Waals surface area contributed by atoms with Gasteiger partial charge in [-0.1, -0.05) is 13.8 Å². The maximum atomic E-state index is 11.3. The predicted octanol–water partition coefficient (Wildman–Crippen LogP) is 2.43. The van der Waals surface area contributed by atoms with Gasteiger partial charge in [-0.15, -0.1) is 0 Å². The molecule has 0 N–H and O–H groups in total. The Morgan fingerprint density at radius 3 is 2.13 bits per heavy atom. The fourth-order valence-electron chi connectivity index (χ4n) is 1.88. The Balaban J connectivity index is 2.64. The fraction of sp³-hybridized carbons (Fsp3) is 0.333. The zero-order valence-electron chi connectivity index (χ0n) is 8.96. The minimum Gasteiger partial charge on any atom is -0.386 e. The van der Waals surface area contributed by atoms with Gasteiger partial charge < -0.3 is 4.74 Å². The normalized spacial score (nSPS) is 14.4. The summed E-state index contributed by atoms with van der Waals surface area (Å²) in [4.78, 5) is 22.6. The van der Waals surface area contributed by atoms with Gasteiger partial charge in [0.05, 0.1) is 11.1 Å². The van der Waals surface area contributed by atoms with Gasteiger partial charge in [-0.05, 0) is 36.1 Å². The number of fused-ring (bicyclic) bond motifs is 1. The zero-order valence-corrected chi connectivity index (χ0v) is 8.96. The largest absolute Gasteiger partial charge is 0.386 e. The third kappa shape index (κ3) is 1.44. The highest BCUT2D eigenvalue weighted by molar-refractivity contribution is 6.14. The molecular formula is C12H12O3. The molecule has 0 atom stereocenters. The first kappa shape index (κ1) is 9.90. The van der Waals surface area contributed by atoms with Crippen LogP contribution in [0.2, 0.25) is 0 Å². The van der Waals surface area contributed by atoms with Gasteiger partial charge in [0.2, 0.25) is 0 Å². The lowest BCUT2D eigenvalue weighted by Crippen LogP contribution is -1.99. The van der Waals surface area contributed by atoms with Gasteiger partial charge in [-0.25, -0.2) is 9.59 Å². The molecule has 1 aliphatic heterocycles. The van der Waals surface area contributed by atoms with Crippen LogP contribution in [-0.2, 0) is 4.74 Å². The van der Waals surface area contributed by atoms with E-state index in [0.717, 1.165) is 11.1 Å². The van der Waals surface area contributed by atoms with Crippen molar-refractivity contribution in [1.82, 2.24) is 0 Å². The van der Waals surface area contributed by atoms with Gasteiger partial charge in [-0.3, -0.25) is 0 Å². The molecular weight excluding hydrogens is 192 g/mol. The zero-order chi connectivity index (χ0) is 11.2. The summed E-state index contributed by atoms with van der Waals surface area (Å²) in [5.74, 6) is -0.732. The van der Waals surface area contributed by atoms with Crippen molar-refractivity contribution >= 4 is 11.9 Å². The molecule has 0 saturated carbocycles. The maximum Gasteiger partial charge on any atom is 0.346 e. The topological polar surface area (TPSA) is 43.4 Å². The fourth-order valence-corrected chi connectivity index (χ4v) is 1.88. The SMILES string of the molecule is Cc1cc2c(cc1C(C)C)C(=O)OC2=O. The molecule has 0 saturated heterocycles. The molecule has 78 valence electrons. The van der Waals surface area contributed by atoms with Crippen LogP contribution in [0.25, 0.3) is 0 Å². The van der Waals surface area contributed by atoms with Crippen LogP contribution in [0.4, 0.5) is 0 Å². The van der Waals surface area contributed by atoms with E-state index in [0.29, 0.717) is 17.0 Å². The molecule has 3 nitrogen and oxygen atoms in total. The first-order chi connectivity index (χ1) is 7.00. The van der Waals surface area contributed by atoms with E-state index < -0.39 is 11.9 Å². The molecule has 1 heterocycles. The number of hydrogen-bond donors (Lipinski definition) is 0. The van der Waals surface area contributed by atoms with Gasteiger partial charge in [-0.2, -0.15) is 0 Å². The van der Waals surface area contributed by atoms with E-state index in [2.05, 4.69) is 18.6 Å². The number of carbonyl (C=O) groups is 2. The maximum absolute atomic E-state index is 11.3. The number of ether oxygens (including phenoxy) is 1. The Bertz CT molecular complexity index is 458. The van der Waals surface area contributed by atoms with Crippen molar-refractivity contribution in [2.24, 2.45) is 0 Å². The average molecular weight is 204 g/mol. The molecule has 1 aromatic rings. The van der Waals surface area contributed by atoms with E-state index in [1.54, 1.807) is 12.1 Å². The number of rotatable bonds is 1. The molecule has 15 heavy (non-hydrogen) atoms. The summed E-state index contributed by atoms with van der Waals surface area (Å²) >= 11 is 0. The summed E-state index contributed by atoms with van der Waals surface area (Å²) in [5, 5.41) is 0. The molecule has 3 heteroatoms. The predicted molar refractivity (Wildman–Crippen MR) is 55.0 cm³/mol. The molecule has 0 fully saturated rings. The molecule has 2 rings (SSSR count). The van der Waals surface area contributed by atoms with Gasteiger partial charge >= 0.3 is 11.9 Å². The van der Waals surface area contributed by atoms with Crippen LogP contribution in [-0.4, -0.2) is 11.9 Å². The standard InChI is InChI=1S/C12H12O3/c1-6(2)8-5-10-9(4-7(8)3)11(13)15-12(10)14/h4-6H,1-3H3. The molecule has 1 aliphatic rings. The van der Waals surface area contributed by atoms with Gasteiger partial charge in [0.25, 0.3) is 0 Å². The highest BCUT2D eigenvalue weighted by Crippen LogP contribution is 2.27. The second-order valence-electron chi connectivity index (χ2n) is 4.09. The van der Waals surface area contributed by atoms with Crippen LogP contribution < -0.4 is 0 Å². The van der Waals surface area contributed by atoms with Crippen molar-refractivity contribution in [1.29, 1.82) is 0 Å². The van der Waals surface area contributed by atoms with E-state index in [-0.39, 0.29) is 0 Å². The molecule has 1 aromatic carbocycles. The number of carbonyl (C=O) groups excluding carboxylic acids is 2. The Labute approximate surface area is 88.1 Å². The third-order valence-corrected chi connectivity index (χ3v) is 2.65. The highest BCUT2D eigenvalue weighted by Gasteiger charge is 2.30. The lowest BCUT2D eigenvalue weighted by atomic mass is 9.93. The minimum atomic E-state index is -0.534. The first-order valence-corrected chi connectivity index (χ1v) is 4.91. The van der Waals surface area contributed by atoms with E-state index in [1.807, 2.05) is 6.92 Å². The average Bonchev–Trinajstić information content (AvgIpc) is 2.41. The lowest BCUT2D eigenvalue weighted by Gasteiger charge is -2.09. The summed E-state index contributed by atoms with van der Waals surface area (Å²) in [6.45, 7) is 6.04. The van der Waals surface area contributed by atoms with Crippen LogP contribution in [0.15, 0.2) is 12.1 Å². The van der Waals surface area contributed by atoms with Crippen LogP contribution in [0.3, 0.4) is 0 Å². The van der Waals surface area contributed by atoms with Crippen molar-refractivity contribution in [3.8, 4) is 0 Å². The van der Waals surface area contributed by atoms with Crippen LogP contribution in [0.5, 0.6) is 0 Å². The first-order valence-electron chi connectivity index (χ1n) is 4.91. The molecule has 0 radical (unpaired) electrons. The summed E-state index contributed by atoms with van der Waals surface area (Å²) in [5.41, 5.74) is 2.90. The Hall–Kier alpha value is -1.64. The summed E-state index contributed by atoms with van der Waals surface area (Å²) in [6, 6.07) is 3.50. The van der Waals surface area contributed by atoms with E-state index >= 15 is 0 Å². The number of aryl methyl sites for hydroxylation is 1. The summed E-state index contributed by atoms with van der Waals surface area (Å²) in [6.07, 6.45) is 0. The smallest absolute Gasteiger partial charge is 0.346 e. The number of hydrogen-bond acceptors (Lipinski definition) is 3. The second-order valence-corrected chi connectivity index (χ2v) is 4.09. The van der Waals surface area contributed by atoms with Crippen molar-refractivity contribution in [3.05, 3.63) is 34.4 Å². The van der Waals surface area contributed by atoms with Gasteiger partial charge in [0.1, 0.15) is 0 Å². The van der Waals surface area contributed by atoms with Crippen molar-refractivity contribution in [2.75, 3.05) is 0 Å². The Morgan fingerprint density at radius 1 is 1.07 bits per heavy atom. The molecule has 0 bridgehead atoms. The van der Waals surface area contributed by atoms with Crippen LogP contribution in [0, 0.1) is 6.92 Å². The Morgan fingerprint density at radius 2 is 1.60 bits per heavy atom. The van der Waals surface area contributed by atoms with Crippen LogP contribution in [0.1, 0.15) is 51.6 Å².